The number of carbonyl (C=O) groups excluding carboxylic acids is 1. The number of carboxylic acid groups (broad SMARTS) is 1. The highest BCUT2D eigenvalue weighted by Crippen LogP contribution is 2.12. The van der Waals surface area contributed by atoms with E-state index in [4.69, 9.17) is 9.84 Å². The standard InChI is InChI=1S/C15H20N2O4/c1-11(10-21-3)17(2)15(20)16-13-7-4-12(5-8-13)6-9-14(18)19/h4-9,11H,10H2,1-3H3,(H,16,20)(H,18,19). The molecule has 0 heterocycles. The SMILES string of the molecule is COCC(C)N(C)C(=O)Nc1ccc(C=CC(=O)O)cc1. The first-order valence-corrected chi connectivity index (χ1v) is 6.48. The van der Waals surface area contributed by atoms with Gasteiger partial charge in [-0.3, -0.25) is 0 Å². The number of methoxy groups -OCH3 is 1. The van der Waals surface area contributed by atoms with Gasteiger partial charge in [0.15, 0.2) is 0 Å². The molecular formula is C15H20N2O4. The first-order valence-electron chi connectivity index (χ1n) is 6.48. The Labute approximate surface area is 124 Å². The number of benzene rings is 1. The second-order valence-corrected chi connectivity index (χ2v) is 4.64. The fourth-order valence-electron chi connectivity index (χ4n) is 1.61. The van der Waals surface area contributed by atoms with Gasteiger partial charge in [0.25, 0.3) is 0 Å². The first kappa shape index (κ1) is 16.7. The summed E-state index contributed by atoms with van der Waals surface area (Å²) in [6.07, 6.45) is 2.55. The van der Waals surface area contributed by atoms with E-state index in [2.05, 4.69) is 5.32 Å². The minimum atomic E-state index is -0.999. The molecule has 0 saturated carbocycles. The third kappa shape index (κ3) is 5.66. The molecule has 6 nitrogen and oxygen atoms in total. The van der Waals surface area contributed by atoms with E-state index >= 15 is 0 Å². The fraction of sp³-hybridized carbons (Fsp3) is 0.333. The highest BCUT2D eigenvalue weighted by atomic mass is 16.5. The van der Waals surface area contributed by atoms with Gasteiger partial charge in [-0.1, -0.05) is 12.1 Å². The number of hydrogen-bond acceptors (Lipinski definition) is 3. The number of ether oxygens (including phenoxy) is 1. The predicted molar refractivity (Wildman–Crippen MR) is 81.2 cm³/mol. The van der Waals surface area contributed by atoms with E-state index in [1.807, 2.05) is 6.92 Å². The van der Waals surface area contributed by atoms with Gasteiger partial charge in [-0.05, 0) is 30.7 Å². The van der Waals surface area contributed by atoms with Crippen LogP contribution in [0.3, 0.4) is 0 Å². The minimum Gasteiger partial charge on any atom is -0.478 e. The van der Waals surface area contributed by atoms with Crippen LogP contribution in [0.15, 0.2) is 30.3 Å². The Morgan fingerprint density at radius 1 is 1.38 bits per heavy atom. The molecule has 0 saturated heterocycles. The van der Waals surface area contributed by atoms with Crippen molar-refractivity contribution in [1.29, 1.82) is 0 Å². The van der Waals surface area contributed by atoms with E-state index in [1.165, 1.54) is 6.08 Å². The van der Waals surface area contributed by atoms with E-state index in [9.17, 15) is 9.59 Å². The third-order valence-electron chi connectivity index (χ3n) is 2.97. The number of hydrogen-bond donors (Lipinski definition) is 2. The topological polar surface area (TPSA) is 78.9 Å². The molecule has 2 N–H and O–H groups in total. The lowest BCUT2D eigenvalue weighted by molar-refractivity contribution is -0.131. The summed E-state index contributed by atoms with van der Waals surface area (Å²) in [5.41, 5.74) is 1.39. The van der Waals surface area contributed by atoms with Crippen LogP contribution in [0.4, 0.5) is 10.5 Å². The van der Waals surface area contributed by atoms with Gasteiger partial charge in [-0.15, -0.1) is 0 Å². The Hall–Kier alpha value is -2.34. The number of likely N-dealkylation sites (N-methyl/N-ethyl adjacent to an activating group) is 1. The molecule has 2 amide bonds. The van der Waals surface area contributed by atoms with Crippen LogP contribution in [-0.4, -0.2) is 48.8 Å². The molecule has 0 aliphatic carbocycles. The number of carbonyl (C=O) groups is 2. The van der Waals surface area contributed by atoms with Gasteiger partial charge in [0, 0.05) is 25.9 Å². The molecule has 114 valence electrons. The average Bonchev–Trinajstić information content (AvgIpc) is 2.45. The Kier molecular flexibility index (Phi) is 6.42. The maximum absolute atomic E-state index is 12.0. The number of carboxylic acids is 1. The molecule has 1 unspecified atom stereocenters. The van der Waals surface area contributed by atoms with Crippen molar-refractivity contribution in [2.24, 2.45) is 0 Å². The van der Waals surface area contributed by atoms with Crippen LogP contribution in [0.5, 0.6) is 0 Å². The van der Waals surface area contributed by atoms with Crippen molar-refractivity contribution in [2.45, 2.75) is 13.0 Å². The Balaban J connectivity index is 2.63. The third-order valence-corrected chi connectivity index (χ3v) is 2.97. The van der Waals surface area contributed by atoms with Crippen molar-refractivity contribution in [3.8, 4) is 0 Å². The maximum atomic E-state index is 12.0. The number of nitrogens with zero attached hydrogens (tertiary/aromatic N) is 1. The molecule has 1 aromatic rings. The molecule has 0 aliphatic heterocycles. The van der Waals surface area contributed by atoms with Crippen molar-refractivity contribution in [3.63, 3.8) is 0 Å². The lowest BCUT2D eigenvalue weighted by Crippen LogP contribution is -2.40. The van der Waals surface area contributed by atoms with Crippen molar-refractivity contribution >= 4 is 23.8 Å². The molecular weight excluding hydrogens is 272 g/mol. The Bertz CT molecular complexity index is 511. The van der Waals surface area contributed by atoms with E-state index in [1.54, 1.807) is 43.3 Å². The Morgan fingerprint density at radius 2 is 2.00 bits per heavy atom. The van der Waals surface area contributed by atoms with Crippen LogP contribution < -0.4 is 5.32 Å². The van der Waals surface area contributed by atoms with E-state index in [0.717, 1.165) is 11.6 Å². The normalized spacial score (nSPS) is 12.1. The van der Waals surface area contributed by atoms with E-state index in [-0.39, 0.29) is 12.1 Å². The zero-order valence-electron chi connectivity index (χ0n) is 12.4. The second kappa shape index (κ2) is 8.06. The highest BCUT2D eigenvalue weighted by Gasteiger charge is 2.15. The van der Waals surface area contributed by atoms with Crippen LogP contribution in [0.25, 0.3) is 6.08 Å². The number of amides is 2. The van der Waals surface area contributed by atoms with Gasteiger partial charge in [0.2, 0.25) is 0 Å². The van der Waals surface area contributed by atoms with Crippen LogP contribution in [0.1, 0.15) is 12.5 Å². The van der Waals surface area contributed by atoms with Crippen molar-refractivity contribution in [2.75, 3.05) is 26.1 Å². The zero-order chi connectivity index (χ0) is 15.8. The smallest absolute Gasteiger partial charge is 0.328 e. The monoisotopic (exact) mass is 292 g/mol. The van der Waals surface area contributed by atoms with Crippen molar-refractivity contribution < 1.29 is 19.4 Å². The molecule has 0 aromatic heterocycles. The molecule has 1 rings (SSSR count). The number of nitrogens with one attached hydrogen (secondary N) is 1. The van der Waals surface area contributed by atoms with Crippen LogP contribution in [0, 0.1) is 0 Å². The molecule has 1 atom stereocenters. The van der Waals surface area contributed by atoms with Crippen LogP contribution in [-0.2, 0) is 9.53 Å². The summed E-state index contributed by atoms with van der Waals surface area (Å²) in [7, 11) is 3.29. The summed E-state index contributed by atoms with van der Waals surface area (Å²) in [5, 5.41) is 11.3. The molecule has 0 fully saturated rings. The Morgan fingerprint density at radius 3 is 2.52 bits per heavy atom. The molecule has 21 heavy (non-hydrogen) atoms. The van der Waals surface area contributed by atoms with Gasteiger partial charge in [0.1, 0.15) is 0 Å². The summed E-state index contributed by atoms with van der Waals surface area (Å²) >= 11 is 0. The van der Waals surface area contributed by atoms with Crippen LogP contribution in [0.2, 0.25) is 0 Å². The lowest BCUT2D eigenvalue weighted by Gasteiger charge is -2.24. The number of aliphatic carboxylic acids is 1. The fourth-order valence-corrected chi connectivity index (χ4v) is 1.61. The van der Waals surface area contributed by atoms with Gasteiger partial charge in [-0.25, -0.2) is 9.59 Å². The molecule has 6 heteroatoms. The maximum Gasteiger partial charge on any atom is 0.328 e. The summed E-state index contributed by atoms with van der Waals surface area (Å²) < 4.78 is 5.01. The second-order valence-electron chi connectivity index (χ2n) is 4.64. The van der Waals surface area contributed by atoms with Gasteiger partial charge in [0.05, 0.1) is 12.6 Å². The van der Waals surface area contributed by atoms with Crippen molar-refractivity contribution in [3.05, 3.63) is 35.9 Å². The molecule has 1 aromatic carbocycles. The van der Waals surface area contributed by atoms with Gasteiger partial charge >= 0.3 is 12.0 Å². The van der Waals surface area contributed by atoms with E-state index < -0.39 is 5.97 Å². The summed E-state index contributed by atoms with van der Waals surface area (Å²) in [6.45, 7) is 2.35. The minimum absolute atomic E-state index is 0.0345. The molecule has 0 spiro atoms. The first-order chi connectivity index (χ1) is 9.93. The number of anilines is 1. The quantitative estimate of drug-likeness (QED) is 0.788. The highest BCUT2D eigenvalue weighted by molar-refractivity contribution is 5.89. The summed E-state index contributed by atoms with van der Waals surface area (Å²) in [4.78, 5) is 24.0. The number of rotatable bonds is 6. The average molecular weight is 292 g/mol. The molecule has 0 radical (unpaired) electrons. The van der Waals surface area contributed by atoms with Crippen LogP contribution >= 0.6 is 0 Å². The predicted octanol–water partition coefficient (Wildman–Crippen LogP) is 2.28. The molecule has 0 aliphatic rings. The lowest BCUT2D eigenvalue weighted by atomic mass is 10.2. The van der Waals surface area contributed by atoms with E-state index in [0.29, 0.717) is 12.3 Å². The molecule has 0 bridgehead atoms. The summed E-state index contributed by atoms with van der Waals surface area (Å²) in [6, 6.07) is 6.63. The summed E-state index contributed by atoms with van der Waals surface area (Å²) in [5.74, 6) is -0.999. The van der Waals surface area contributed by atoms with Crippen molar-refractivity contribution in [1.82, 2.24) is 4.90 Å². The largest absolute Gasteiger partial charge is 0.478 e. The van der Waals surface area contributed by atoms with Gasteiger partial charge in [-0.2, -0.15) is 0 Å². The number of urea groups is 1. The zero-order valence-corrected chi connectivity index (χ0v) is 12.4. The van der Waals surface area contributed by atoms with Gasteiger partial charge < -0.3 is 20.1 Å².